The second-order valence-corrected chi connectivity index (χ2v) is 4.34. The summed E-state index contributed by atoms with van der Waals surface area (Å²) in [5, 5.41) is 11.2. The Balaban J connectivity index is 2.32. The summed E-state index contributed by atoms with van der Waals surface area (Å²) in [6, 6.07) is 9.33. The van der Waals surface area contributed by atoms with Crippen LogP contribution in [0.5, 0.6) is 5.75 Å². The third kappa shape index (κ3) is 2.08. The number of benzene rings is 2. The van der Waals surface area contributed by atoms with Crippen molar-refractivity contribution in [3.63, 3.8) is 0 Å². The monoisotopic (exact) mass is 287 g/mol. The molecule has 0 saturated heterocycles. The zero-order valence-corrected chi connectivity index (χ0v) is 11.0. The van der Waals surface area contributed by atoms with Gasteiger partial charge in [0.25, 0.3) is 5.69 Å². The Hall–Kier alpha value is -2.96. The van der Waals surface area contributed by atoms with Crippen LogP contribution in [0.4, 0.5) is 10.1 Å². The van der Waals surface area contributed by atoms with Crippen LogP contribution in [0.2, 0.25) is 0 Å². The molecular weight excluding hydrogens is 277 g/mol. The molecule has 0 aliphatic rings. The van der Waals surface area contributed by atoms with Crippen molar-refractivity contribution in [2.45, 2.75) is 0 Å². The normalized spacial score (nSPS) is 10.8. The third-order valence-electron chi connectivity index (χ3n) is 3.16. The Bertz CT molecular complexity index is 845. The summed E-state index contributed by atoms with van der Waals surface area (Å²) in [4.78, 5) is 14.7. The van der Waals surface area contributed by atoms with Crippen molar-refractivity contribution < 1.29 is 14.1 Å². The molecule has 0 N–H and O–H groups in total. The zero-order chi connectivity index (χ0) is 15.0. The number of fused-ring (bicyclic) bond motifs is 1. The Morgan fingerprint density at radius 3 is 2.81 bits per heavy atom. The van der Waals surface area contributed by atoms with Gasteiger partial charge in [-0.25, -0.2) is 9.37 Å². The van der Waals surface area contributed by atoms with Gasteiger partial charge in [0.15, 0.2) is 11.6 Å². The maximum atomic E-state index is 13.7. The van der Waals surface area contributed by atoms with Crippen molar-refractivity contribution in [2.24, 2.45) is 0 Å². The van der Waals surface area contributed by atoms with Gasteiger partial charge < -0.3 is 4.74 Å². The smallest absolute Gasteiger partial charge is 0.296 e. The number of ether oxygens (including phenoxy) is 1. The molecule has 0 aliphatic heterocycles. The van der Waals surface area contributed by atoms with Gasteiger partial charge in [-0.2, -0.15) is 0 Å². The number of nitro groups is 1. The molecule has 3 rings (SSSR count). The number of nitrogens with zero attached hydrogens (tertiary/aromatic N) is 3. The lowest BCUT2D eigenvalue weighted by Gasteiger charge is -2.08. The van der Waals surface area contributed by atoms with Gasteiger partial charge >= 0.3 is 0 Å². The highest BCUT2D eigenvalue weighted by molar-refractivity contribution is 5.78. The van der Waals surface area contributed by atoms with Crippen molar-refractivity contribution in [1.82, 2.24) is 9.55 Å². The zero-order valence-electron chi connectivity index (χ0n) is 11.0. The van der Waals surface area contributed by atoms with E-state index in [1.807, 2.05) is 6.07 Å². The average molecular weight is 287 g/mol. The molecule has 1 heterocycles. The van der Waals surface area contributed by atoms with E-state index in [1.165, 1.54) is 24.1 Å². The summed E-state index contributed by atoms with van der Waals surface area (Å²) >= 11 is 0. The van der Waals surface area contributed by atoms with Gasteiger partial charge in [-0.1, -0.05) is 12.1 Å². The van der Waals surface area contributed by atoms with Crippen molar-refractivity contribution in [3.8, 4) is 11.4 Å². The average Bonchev–Trinajstić information content (AvgIpc) is 2.90. The van der Waals surface area contributed by atoms with Crippen LogP contribution in [0, 0.1) is 15.9 Å². The van der Waals surface area contributed by atoms with E-state index in [4.69, 9.17) is 4.74 Å². The Labute approximate surface area is 118 Å². The summed E-state index contributed by atoms with van der Waals surface area (Å²) in [5.41, 5.74) is 1.23. The number of hydrogen-bond acceptors (Lipinski definition) is 4. The number of rotatable bonds is 3. The number of aromatic nitrogens is 2. The SMILES string of the molecule is COc1cc(-n2cnc3ccccc32)c([N+](=O)[O-])cc1F. The molecule has 2 aromatic carbocycles. The number of nitro benzene ring substituents is 1. The van der Waals surface area contributed by atoms with Crippen LogP contribution in [0.1, 0.15) is 0 Å². The second-order valence-electron chi connectivity index (χ2n) is 4.34. The maximum absolute atomic E-state index is 13.7. The van der Waals surface area contributed by atoms with Crippen LogP contribution in [0.25, 0.3) is 16.7 Å². The summed E-state index contributed by atoms with van der Waals surface area (Å²) in [6.07, 6.45) is 1.46. The lowest BCUT2D eigenvalue weighted by Crippen LogP contribution is -2.01. The van der Waals surface area contributed by atoms with Crippen molar-refractivity contribution >= 4 is 16.7 Å². The van der Waals surface area contributed by atoms with Gasteiger partial charge in [0.2, 0.25) is 0 Å². The van der Waals surface area contributed by atoms with E-state index in [1.54, 1.807) is 18.2 Å². The van der Waals surface area contributed by atoms with Crippen LogP contribution in [-0.2, 0) is 0 Å². The Morgan fingerprint density at radius 2 is 2.10 bits per heavy atom. The topological polar surface area (TPSA) is 70.2 Å². The molecule has 0 saturated carbocycles. The Kier molecular flexibility index (Phi) is 3.02. The van der Waals surface area contributed by atoms with Crippen LogP contribution in [0.15, 0.2) is 42.7 Å². The molecule has 0 spiro atoms. The lowest BCUT2D eigenvalue weighted by atomic mass is 10.2. The molecule has 7 heteroatoms. The minimum absolute atomic E-state index is 0.0617. The molecule has 6 nitrogen and oxygen atoms in total. The van der Waals surface area contributed by atoms with Gasteiger partial charge in [0, 0.05) is 6.07 Å². The fraction of sp³-hybridized carbons (Fsp3) is 0.0714. The van der Waals surface area contributed by atoms with Crippen LogP contribution in [-0.4, -0.2) is 21.6 Å². The van der Waals surface area contributed by atoms with E-state index in [9.17, 15) is 14.5 Å². The van der Waals surface area contributed by atoms with E-state index in [2.05, 4.69) is 4.98 Å². The number of methoxy groups -OCH3 is 1. The summed E-state index contributed by atoms with van der Waals surface area (Å²) in [7, 11) is 1.31. The van der Waals surface area contributed by atoms with Gasteiger partial charge in [-0.3, -0.25) is 14.7 Å². The first kappa shape index (κ1) is 13.0. The third-order valence-corrected chi connectivity index (χ3v) is 3.16. The molecule has 3 aromatic rings. The molecule has 0 radical (unpaired) electrons. The molecule has 0 amide bonds. The van der Waals surface area contributed by atoms with E-state index in [0.29, 0.717) is 11.0 Å². The van der Waals surface area contributed by atoms with Crippen molar-refractivity contribution in [3.05, 3.63) is 58.7 Å². The van der Waals surface area contributed by atoms with Gasteiger partial charge in [-0.05, 0) is 12.1 Å². The number of halogens is 1. The van der Waals surface area contributed by atoms with E-state index < -0.39 is 10.7 Å². The Morgan fingerprint density at radius 1 is 1.33 bits per heavy atom. The summed E-state index contributed by atoms with van der Waals surface area (Å²) in [5.74, 6) is -0.842. The standard InChI is InChI=1S/C14H10FN3O3/c1-21-14-7-12(13(18(19)20)6-9(14)15)17-8-16-10-4-2-3-5-11(10)17/h2-8H,1H3. The van der Waals surface area contributed by atoms with Crippen molar-refractivity contribution in [2.75, 3.05) is 7.11 Å². The molecule has 0 bridgehead atoms. The van der Waals surface area contributed by atoms with Crippen molar-refractivity contribution in [1.29, 1.82) is 0 Å². The van der Waals surface area contributed by atoms with E-state index >= 15 is 0 Å². The summed E-state index contributed by atoms with van der Waals surface area (Å²) < 4.78 is 20.1. The molecule has 0 unspecified atom stereocenters. The largest absolute Gasteiger partial charge is 0.494 e. The minimum atomic E-state index is -0.780. The highest BCUT2D eigenvalue weighted by atomic mass is 19.1. The molecular formula is C14H10FN3O3. The predicted molar refractivity (Wildman–Crippen MR) is 74.2 cm³/mol. The first-order valence-corrected chi connectivity index (χ1v) is 6.06. The summed E-state index contributed by atoms with van der Waals surface area (Å²) in [6.45, 7) is 0. The first-order valence-electron chi connectivity index (χ1n) is 6.06. The maximum Gasteiger partial charge on any atom is 0.296 e. The molecule has 0 aliphatic carbocycles. The molecule has 0 fully saturated rings. The number of imidazole rings is 1. The quantitative estimate of drug-likeness (QED) is 0.548. The van der Waals surface area contributed by atoms with Gasteiger partial charge in [0.1, 0.15) is 12.0 Å². The fourth-order valence-electron chi connectivity index (χ4n) is 2.18. The van der Waals surface area contributed by atoms with E-state index in [-0.39, 0.29) is 17.1 Å². The van der Waals surface area contributed by atoms with Gasteiger partial charge in [0.05, 0.1) is 29.1 Å². The highest BCUT2D eigenvalue weighted by Gasteiger charge is 2.21. The number of para-hydroxylation sites is 2. The lowest BCUT2D eigenvalue weighted by molar-refractivity contribution is -0.384. The highest BCUT2D eigenvalue weighted by Crippen LogP contribution is 2.32. The fourth-order valence-corrected chi connectivity index (χ4v) is 2.18. The molecule has 0 atom stereocenters. The van der Waals surface area contributed by atoms with Crippen LogP contribution < -0.4 is 4.74 Å². The predicted octanol–water partition coefficient (Wildman–Crippen LogP) is 3.08. The minimum Gasteiger partial charge on any atom is -0.494 e. The van der Waals surface area contributed by atoms with Gasteiger partial charge in [-0.15, -0.1) is 0 Å². The van der Waals surface area contributed by atoms with E-state index in [0.717, 1.165) is 6.07 Å². The molecule has 106 valence electrons. The van der Waals surface area contributed by atoms with Crippen LogP contribution in [0.3, 0.4) is 0 Å². The first-order chi connectivity index (χ1) is 10.1. The molecule has 1 aromatic heterocycles. The molecule has 21 heavy (non-hydrogen) atoms. The van der Waals surface area contributed by atoms with Crippen LogP contribution >= 0.6 is 0 Å². The second kappa shape index (κ2) is 4.86. The number of hydrogen-bond donors (Lipinski definition) is 0.